The van der Waals surface area contributed by atoms with Crippen molar-refractivity contribution < 1.29 is 38.1 Å². The lowest BCUT2D eigenvalue weighted by molar-refractivity contribution is -0.187. The molecule has 2 bridgehead atoms. The van der Waals surface area contributed by atoms with E-state index in [9.17, 15) is 19.2 Å². The molecule has 2 saturated carbocycles. The summed E-state index contributed by atoms with van der Waals surface area (Å²) in [6, 6.07) is 0. The molecule has 0 aromatic rings. The SMILES string of the molecule is C=C1C(OC(C)=O)CC[C@]2(C)C1CC1CC(OC(C)=O)C(C)=C(C(OC(C)=O)C2OC(C)=O)C1(C)C. The fourth-order valence-corrected chi connectivity index (χ4v) is 6.95. The summed E-state index contributed by atoms with van der Waals surface area (Å²) in [5.74, 6) is -1.90. The molecule has 36 heavy (non-hydrogen) atoms. The molecule has 3 aliphatic rings. The van der Waals surface area contributed by atoms with Crippen LogP contribution in [0.1, 0.15) is 81.1 Å². The molecule has 3 rings (SSSR count). The second kappa shape index (κ2) is 10.0. The van der Waals surface area contributed by atoms with E-state index in [0.717, 1.165) is 16.7 Å². The summed E-state index contributed by atoms with van der Waals surface area (Å²) in [5.41, 5.74) is 1.33. The van der Waals surface area contributed by atoms with Crippen molar-refractivity contribution in [3.8, 4) is 0 Å². The first-order valence-electron chi connectivity index (χ1n) is 12.7. The molecule has 0 heterocycles. The molecule has 0 saturated heterocycles. The minimum atomic E-state index is -0.867. The molecule has 200 valence electrons. The number of rotatable bonds is 4. The summed E-state index contributed by atoms with van der Waals surface area (Å²) >= 11 is 0. The topological polar surface area (TPSA) is 105 Å². The molecule has 0 aromatic carbocycles. The van der Waals surface area contributed by atoms with Crippen LogP contribution < -0.4 is 0 Å². The van der Waals surface area contributed by atoms with Crippen molar-refractivity contribution in [3.05, 3.63) is 23.3 Å². The molecule has 3 aliphatic carbocycles. The van der Waals surface area contributed by atoms with Crippen LogP contribution in [-0.2, 0) is 38.1 Å². The third-order valence-electron chi connectivity index (χ3n) is 8.66. The summed E-state index contributed by atoms with van der Waals surface area (Å²) < 4.78 is 23.4. The molecule has 0 amide bonds. The lowest BCUT2D eigenvalue weighted by atomic mass is 9.50. The quantitative estimate of drug-likeness (QED) is 0.314. The molecule has 6 unspecified atom stereocenters. The summed E-state index contributed by atoms with van der Waals surface area (Å²) in [6.07, 6.45) is -0.234. The van der Waals surface area contributed by atoms with Crippen LogP contribution in [0.5, 0.6) is 0 Å². The highest BCUT2D eigenvalue weighted by Gasteiger charge is 2.60. The second-order valence-corrected chi connectivity index (χ2v) is 11.4. The molecule has 8 nitrogen and oxygen atoms in total. The van der Waals surface area contributed by atoms with Gasteiger partial charge in [0.05, 0.1) is 0 Å². The van der Waals surface area contributed by atoms with Crippen molar-refractivity contribution in [1.29, 1.82) is 0 Å². The summed E-state index contributed by atoms with van der Waals surface area (Å²) in [4.78, 5) is 48.7. The number of hydrogen-bond donors (Lipinski definition) is 0. The maximum atomic E-state index is 12.4. The van der Waals surface area contributed by atoms with Gasteiger partial charge < -0.3 is 18.9 Å². The number of hydrogen-bond acceptors (Lipinski definition) is 8. The fourth-order valence-electron chi connectivity index (χ4n) is 6.95. The van der Waals surface area contributed by atoms with Crippen molar-refractivity contribution in [2.75, 3.05) is 0 Å². The predicted octanol–water partition coefficient (Wildman–Crippen LogP) is 4.45. The third kappa shape index (κ3) is 5.09. The molecule has 7 atom stereocenters. The van der Waals surface area contributed by atoms with Gasteiger partial charge >= 0.3 is 23.9 Å². The Hall–Kier alpha value is -2.64. The van der Waals surface area contributed by atoms with Gasteiger partial charge in [0.1, 0.15) is 18.3 Å². The van der Waals surface area contributed by atoms with Gasteiger partial charge in [-0.05, 0) is 66.6 Å². The van der Waals surface area contributed by atoms with E-state index in [4.69, 9.17) is 18.9 Å². The lowest BCUT2D eigenvalue weighted by Gasteiger charge is -2.58. The Morgan fingerprint density at radius 2 is 1.33 bits per heavy atom. The predicted molar refractivity (Wildman–Crippen MR) is 131 cm³/mol. The molecule has 0 aliphatic heterocycles. The highest BCUT2D eigenvalue weighted by Crippen LogP contribution is 2.60. The third-order valence-corrected chi connectivity index (χ3v) is 8.66. The minimum absolute atomic E-state index is 0.0361. The molecular formula is C28H40O8. The highest BCUT2D eigenvalue weighted by molar-refractivity contribution is 5.69. The first kappa shape index (κ1) is 27.9. The van der Waals surface area contributed by atoms with Gasteiger partial charge in [0, 0.05) is 33.1 Å². The van der Waals surface area contributed by atoms with Crippen LogP contribution in [-0.4, -0.2) is 48.3 Å². The average molecular weight is 505 g/mol. The summed E-state index contributed by atoms with van der Waals surface area (Å²) in [7, 11) is 0. The molecule has 8 heteroatoms. The molecule has 0 aromatic heterocycles. The Bertz CT molecular complexity index is 992. The van der Waals surface area contributed by atoms with Gasteiger partial charge in [0.25, 0.3) is 0 Å². The first-order chi connectivity index (χ1) is 16.6. The molecule has 0 spiro atoms. The Kier molecular flexibility index (Phi) is 7.78. The number of carbonyl (C=O) groups excluding carboxylic acids is 4. The van der Waals surface area contributed by atoms with E-state index in [1.54, 1.807) is 0 Å². The zero-order valence-corrected chi connectivity index (χ0v) is 22.8. The van der Waals surface area contributed by atoms with Gasteiger partial charge in [-0.1, -0.05) is 27.4 Å². The smallest absolute Gasteiger partial charge is 0.303 e. The molecular weight excluding hydrogens is 464 g/mol. The summed E-state index contributed by atoms with van der Waals surface area (Å²) in [6.45, 7) is 17.9. The maximum absolute atomic E-state index is 12.4. The number of ether oxygens (including phenoxy) is 4. The van der Waals surface area contributed by atoms with Crippen LogP contribution in [0.15, 0.2) is 23.3 Å². The van der Waals surface area contributed by atoms with Gasteiger partial charge in [-0.15, -0.1) is 0 Å². The van der Waals surface area contributed by atoms with E-state index >= 15 is 0 Å². The first-order valence-corrected chi connectivity index (χ1v) is 12.7. The Labute approximate surface area is 213 Å². The van der Waals surface area contributed by atoms with Gasteiger partial charge in [0.15, 0.2) is 6.10 Å². The Balaban J connectivity index is 2.27. The fraction of sp³-hybridized carbons (Fsp3) is 0.714. The van der Waals surface area contributed by atoms with Crippen LogP contribution in [0.25, 0.3) is 0 Å². The standard InChI is InChI=1S/C28H40O8/c1-14-21-12-20-13-23(34-17(4)30)15(2)24(27(20,7)8)25(35-18(5)31)26(36-19(6)32)28(21,9)11-10-22(14)33-16(3)29/h20-23,25-26H,1,10-13H2,2-9H3/t20?,21?,22?,23?,25?,26?,28-/m1/s1. The van der Waals surface area contributed by atoms with E-state index in [0.29, 0.717) is 25.7 Å². The van der Waals surface area contributed by atoms with E-state index in [-0.39, 0.29) is 17.8 Å². The van der Waals surface area contributed by atoms with Gasteiger partial charge in [-0.25, -0.2) is 0 Å². The summed E-state index contributed by atoms with van der Waals surface area (Å²) in [5, 5.41) is 0. The minimum Gasteiger partial charge on any atom is -0.458 e. The zero-order valence-electron chi connectivity index (χ0n) is 22.8. The van der Waals surface area contributed by atoms with Crippen LogP contribution in [0.2, 0.25) is 0 Å². The molecule has 2 fully saturated rings. The monoisotopic (exact) mass is 504 g/mol. The van der Waals surface area contributed by atoms with E-state index in [1.165, 1.54) is 27.7 Å². The average Bonchev–Trinajstić information content (AvgIpc) is 2.72. The number of carbonyl (C=O) groups is 4. The Morgan fingerprint density at radius 1 is 0.806 bits per heavy atom. The van der Waals surface area contributed by atoms with Crippen LogP contribution >= 0.6 is 0 Å². The van der Waals surface area contributed by atoms with Crippen LogP contribution in [0, 0.1) is 22.7 Å². The van der Waals surface area contributed by atoms with Crippen LogP contribution in [0.4, 0.5) is 0 Å². The second-order valence-electron chi connectivity index (χ2n) is 11.4. The van der Waals surface area contributed by atoms with Gasteiger partial charge in [-0.3, -0.25) is 19.2 Å². The maximum Gasteiger partial charge on any atom is 0.303 e. The van der Waals surface area contributed by atoms with Gasteiger partial charge in [-0.2, -0.15) is 0 Å². The molecule has 0 radical (unpaired) electrons. The van der Waals surface area contributed by atoms with E-state index in [2.05, 4.69) is 20.4 Å². The largest absolute Gasteiger partial charge is 0.458 e. The van der Waals surface area contributed by atoms with Crippen molar-refractivity contribution in [2.24, 2.45) is 22.7 Å². The van der Waals surface area contributed by atoms with Crippen molar-refractivity contribution in [1.82, 2.24) is 0 Å². The van der Waals surface area contributed by atoms with Crippen LogP contribution in [0.3, 0.4) is 0 Å². The van der Waals surface area contributed by atoms with Crippen molar-refractivity contribution >= 4 is 23.9 Å². The lowest BCUT2D eigenvalue weighted by Crippen LogP contribution is -2.59. The number of fused-ring (bicyclic) bond motifs is 3. The normalized spacial score (nSPS) is 35.5. The zero-order chi connectivity index (χ0) is 27.2. The highest BCUT2D eigenvalue weighted by atomic mass is 16.6. The number of esters is 4. The van der Waals surface area contributed by atoms with E-state index < -0.39 is 53.2 Å². The molecule has 0 N–H and O–H groups in total. The van der Waals surface area contributed by atoms with Crippen molar-refractivity contribution in [3.63, 3.8) is 0 Å². The van der Waals surface area contributed by atoms with Gasteiger partial charge in [0.2, 0.25) is 0 Å². The Morgan fingerprint density at radius 3 is 1.86 bits per heavy atom. The van der Waals surface area contributed by atoms with E-state index in [1.807, 2.05) is 13.8 Å². The van der Waals surface area contributed by atoms with Crippen molar-refractivity contribution in [2.45, 2.75) is 105 Å².